The monoisotopic (exact) mass is 261 g/mol. The number of carbonyl (C=O) groups is 1. The normalized spacial score (nSPS) is 16.7. The maximum absolute atomic E-state index is 12.0. The Morgan fingerprint density at radius 3 is 2.74 bits per heavy atom. The fourth-order valence-electron chi connectivity index (χ4n) is 2.79. The molecule has 1 aliphatic heterocycles. The van der Waals surface area contributed by atoms with E-state index in [4.69, 9.17) is 0 Å². The van der Waals surface area contributed by atoms with E-state index in [1.165, 1.54) is 0 Å². The van der Waals surface area contributed by atoms with Gasteiger partial charge in [0.25, 0.3) is 5.91 Å². The van der Waals surface area contributed by atoms with Gasteiger partial charge in [0.1, 0.15) is 0 Å². The van der Waals surface area contributed by atoms with Crippen molar-refractivity contribution in [3.05, 3.63) is 34.9 Å². The standard InChI is InChI=1S/C16H23NO2/c1-3-11(4-2)15(18)13-8-7-12-6-5-9-17-16(19)14(12)10-13/h7-8,10-11,15,18H,3-6,9H2,1-2H3,(H,17,19). The van der Waals surface area contributed by atoms with Gasteiger partial charge in [-0.05, 0) is 36.0 Å². The van der Waals surface area contributed by atoms with Gasteiger partial charge in [-0.2, -0.15) is 0 Å². The topological polar surface area (TPSA) is 49.3 Å². The summed E-state index contributed by atoms with van der Waals surface area (Å²) in [4.78, 5) is 12.0. The second-order valence-corrected chi connectivity index (χ2v) is 5.30. The lowest BCUT2D eigenvalue weighted by Gasteiger charge is -2.21. The maximum Gasteiger partial charge on any atom is 0.251 e. The van der Waals surface area contributed by atoms with E-state index in [-0.39, 0.29) is 11.8 Å². The number of rotatable bonds is 4. The third-order valence-corrected chi connectivity index (χ3v) is 4.12. The summed E-state index contributed by atoms with van der Waals surface area (Å²) in [6.45, 7) is 4.92. The molecule has 0 spiro atoms. The first kappa shape index (κ1) is 14.1. The lowest BCUT2D eigenvalue weighted by Crippen LogP contribution is -2.23. The number of carbonyl (C=O) groups excluding carboxylic acids is 1. The lowest BCUT2D eigenvalue weighted by molar-refractivity contribution is 0.0952. The highest BCUT2D eigenvalue weighted by Gasteiger charge is 2.21. The van der Waals surface area contributed by atoms with Gasteiger partial charge in [0, 0.05) is 12.1 Å². The van der Waals surface area contributed by atoms with E-state index in [0.717, 1.165) is 48.9 Å². The van der Waals surface area contributed by atoms with Crippen molar-refractivity contribution < 1.29 is 9.90 Å². The smallest absolute Gasteiger partial charge is 0.251 e. The lowest BCUT2D eigenvalue weighted by atomic mass is 9.89. The summed E-state index contributed by atoms with van der Waals surface area (Å²) >= 11 is 0. The molecule has 1 atom stereocenters. The molecule has 104 valence electrons. The molecular weight excluding hydrogens is 238 g/mol. The molecule has 0 radical (unpaired) electrons. The first-order valence-corrected chi connectivity index (χ1v) is 7.26. The second-order valence-electron chi connectivity index (χ2n) is 5.30. The van der Waals surface area contributed by atoms with Crippen LogP contribution in [0.5, 0.6) is 0 Å². The predicted octanol–water partition coefficient (Wildman–Crippen LogP) is 2.83. The van der Waals surface area contributed by atoms with Crippen LogP contribution < -0.4 is 5.32 Å². The van der Waals surface area contributed by atoms with E-state index in [0.29, 0.717) is 0 Å². The van der Waals surface area contributed by atoms with E-state index in [9.17, 15) is 9.90 Å². The van der Waals surface area contributed by atoms with E-state index in [2.05, 4.69) is 19.2 Å². The molecule has 2 N–H and O–H groups in total. The van der Waals surface area contributed by atoms with Gasteiger partial charge in [0.05, 0.1) is 6.10 Å². The van der Waals surface area contributed by atoms with Crippen molar-refractivity contribution in [2.45, 2.75) is 45.6 Å². The Kier molecular flexibility index (Phi) is 4.59. The van der Waals surface area contributed by atoms with Crippen molar-refractivity contribution in [1.82, 2.24) is 5.32 Å². The van der Waals surface area contributed by atoms with Gasteiger partial charge in [0.2, 0.25) is 0 Å². The van der Waals surface area contributed by atoms with Gasteiger partial charge in [-0.1, -0.05) is 38.8 Å². The van der Waals surface area contributed by atoms with Crippen LogP contribution in [0, 0.1) is 5.92 Å². The van der Waals surface area contributed by atoms with E-state index in [1.807, 2.05) is 18.2 Å². The molecule has 0 bridgehead atoms. The van der Waals surface area contributed by atoms with Gasteiger partial charge in [-0.3, -0.25) is 4.79 Å². The second kappa shape index (κ2) is 6.20. The largest absolute Gasteiger partial charge is 0.388 e. The highest BCUT2D eigenvalue weighted by molar-refractivity contribution is 5.96. The summed E-state index contributed by atoms with van der Waals surface area (Å²) < 4.78 is 0. The van der Waals surface area contributed by atoms with Gasteiger partial charge < -0.3 is 10.4 Å². The number of amides is 1. The Labute approximate surface area is 115 Å². The quantitative estimate of drug-likeness (QED) is 0.875. The molecular formula is C16H23NO2. The number of aliphatic hydroxyl groups excluding tert-OH is 1. The summed E-state index contributed by atoms with van der Waals surface area (Å²) in [6, 6.07) is 5.85. The minimum absolute atomic E-state index is 0.00824. The third-order valence-electron chi connectivity index (χ3n) is 4.12. The Balaban J connectivity index is 2.31. The summed E-state index contributed by atoms with van der Waals surface area (Å²) in [5, 5.41) is 13.3. The number of nitrogens with one attached hydrogen (secondary N) is 1. The first-order valence-electron chi connectivity index (χ1n) is 7.26. The van der Waals surface area contributed by atoms with E-state index >= 15 is 0 Å². The average molecular weight is 261 g/mol. The van der Waals surface area contributed by atoms with E-state index in [1.54, 1.807) is 0 Å². The number of fused-ring (bicyclic) bond motifs is 1. The molecule has 0 aliphatic carbocycles. The van der Waals surface area contributed by atoms with Crippen LogP contribution >= 0.6 is 0 Å². The van der Waals surface area contributed by atoms with Crippen LogP contribution in [0.15, 0.2) is 18.2 Å². The van der Waals surface area contributed by atoms with Crippen LogP contribution in [0.3, 0.4) is 0 Å². The fourth-order valence-corrected chi connectivity index (χ4v) is 2.79. The molecule has 0 aromatic heterocycles. The molecule has 2 rings (SSSR count). The molecule has 19 heavy (non-hydrogen) atoms. The fraction of sp³-hybridized carbons (Fsp3) is 0.562. The zero-order valence-electron chi connectivity index (χ0n) is 11.8. The zero-order valence-corrected chi connectivity index (χ0v) is 11.8. The molecule has 3 heteroatoms. The van der Waals surface area contributed by atoms with Crippen LogP contribution in [0.2, 0.25) is 0 Å². The third kappa shape index (κ3) is 2.98. The van der Waals surface area contributed by atoms with Crippen LogP contribution in [0.1, 0.15) is 60.7 Å². The summed E-state index contributed by atoms with van der Waals surface area (Å²) in [5.41, 5.74) is 2.69. The van der Waals surface area contributed by atoms with E-state index < -0.39 is 6.10 Å². The molecule has 1 unspecified atom stereocenters. The maximum atomic E-state index is 12.0. The van der Waals surface area contributed by atoms with Gasteiger partial charge in [-0.25, -0.2) is 0 Å². The minimum atomic E-state index is -0.476. The molecule has 0 saturated heterocycles. The Bertz CT molecular complexity index is 452. The number of aryl methyl sites for hydroxylation is 1. The molecule has 0 saturated carbocycles. The predicted molar refractivity (Wildman–Crippen MR) is 76.1 cm³/mol. The minimum Gasteiger partial charge on any atom is -0.388 e. The first-order chi connectivity index (χ1) is 9.17. The van der Waals surface area contributed by atoms with Gasteiger partial charge in [0.15, 0.2) is 0 Å². The summed E-state index contributed by atoms with van der Waals surface area (Å²) in [7, 11) is 0. The number of aliphatic hydroxyl groups is 1. The molecule has 0 fully saturated rings. The van der Waals surface area contributed by atoms with Crippen molar-refractivity contribution in [3.63, 3.8) is 0 Å². The Morgan fingerprint density at radius 1 is 1.32 bits per heavy atom. The summed E-state index contributed by atoms with van der Waals surface area (Å²) in [6.07, 6.45) is 3.32. The molecule has 1 aromatic carbocycles. The molecule has 1 aromatic rings. The van der Waals surface area contributed by atoms with Crippen molar-refractivity contribution in [1.29, 1.82) is 0 Å². The molecule has 1 aliphatic rings. The highest BCUT2D eigenvalue weighted by Crippen LogP contribution is 2.29. The van der Waals surface area contributed by atoms with Crippen molar-refractivity contribution in [2.75, 3.05) is 6.54 Å². The van der Waals surface area contributed by atoms with Crippen LogP contribution in [0.25, 0.3) is 0 Å². The average Bonchev–Trinajstić information content (AvgIpc) is 2.62. The SMILES string of the molecule is CCC(CC)C(O)c1ccc2c(c1)C(=O)NCCC2. The Hall–Kier alpha value is -1.35. The number of benzene rings is 1. The van der Waals surface area contributed by atoms with Gasteiger partial charge in [-0.15, -0.1) is 0 Å². The molecule has 1 heterocycles. The number of hydrogen-bond acceptors (Lipinski definition) is 2. The van der Waals surface area contributed by atoms with Crippen LogP contribution in [-0.2, 0) is 6.42 Å². The Morgan fingerprint density at radius 2 is 2.05 bits per heavy atom. The molecule has 3 nitrogen and oxygen atoms in total. The summed E-state index contributed by atoms with van der Waals surface area (Å²) in [5.74, 6) is 0.248. The molecule has 1 amide bonds. The van der Waals surface area contributed by atoms with Crippen molar-refractivity contribution in [2.24, 2.45) is 5.92 Å². The number of hydrogen-bond donors (Lipinski definition) is 2. The van der Waals surface area contributed by atoms with Crippen LogP contribution in [0.4, 0.5) is 0 Å². The van der Waals surface area contributed by atoms with Gasteiger partial charge >= 0.3 is 0 Å². The van der Waals surface area contributed by atoms with Crippen molar-refractivity contribution >= 4 is 5.91 Å². The van der Waals surface area contributed by atoms with Crippen LogP contribution in [-0.4, -0.2) is 17.6 Å². The van der Waals surface area contributed by atoms with Crippen molar-refractivity contribution in [3.8, 4) is 0 Å². The zero-order chi connectivity index (χ0) is 13.8. The highest BCUT2D eigenvalue weighted by atomic mass is 16.3.